The molecule has 2 aromatic carbocycles. The summed E-state index contributed by atoms with van der Waals surface area (Å²) in [5.74, 6) is -0.0836. The number of esters is 1. The molecule has 1 saturated carbocycles. The lowest BCUT2D eigenvalue weighted by Crippen LogP contribution is -2.55. The average molecular weight is 613 g/mol. The summed E-state index contributed by atoms with van der Waals surface area (Å²) in [6.07, 6.45) is 8.36. The minimum absolute atomic E-state index is 0.157. The molecule has 3 aliphatic rings. The summed E-state index contributed by atoms with van der Waals surface area (Å²) in [5.41, 5.74) is 7.61. The first-order valence-electron chi connectivity index (χ1n) is 15.7. The van der Waals surface area contributed by atoms with Crippen molar-refractivity contribution in [1.82, 2.24) is 15.2 Å². The Morgan fingerprint density at radius 3 is 2.67 bits per heavy atom. The molecule has 0 radical (unpaired) electrons. The van der Waals surface area contributed by atoms with E-state index in [-0.39, 0.29) is 24.8 Å². The van der Waals surface area contributed by atoms with Crippen molar-refractivity contribution in [1.29, 1.82) is 0 Å². The van der Waals surface area contributed by atoms with Crippen LogP contribution >= 0.6 is 0 Å². The van der Waals surface area contributed by atoms with Gasteiger partial charge in [-0.25, -0.2) is 9.78 Å². The number of benzene rings is 2. The normalized spacial score (nSPS) is 27.0. The summed E-state index contributed by atoms with van der Waals surface area (Å²) in [7, 11) is 2.93. The Morgan fingerprint density at radius 1 is 1.07 bits per heavy atom. The summed E-state index contributed by atoms with van der Waals surface area (Å²) < 4.78 is 17.2. The number of nitrogens with two attached hydrogens (primary N) is 1. The van der Waals surface area contributed by atoms with E-state index < -0.39 is 35.6 Å². The topological polar surface area (TPSA) is 133 Å². The van der Waals surface area contributed by atoms with Gasteiger partial charge in [0.25, 0.3) is 0 Å². The van der Waals surface area contributed by atoms with Gasteiger partial charge in [-0.2, -0.15) is 0 Å². The number of fused-ring (bicyclic) bond motifs is 3. The number of ether oxygens (including phenoxy) is 3. The maximum Gasteiger partial charge on any atom is 0.332 e. The molecule has 236 valence electrons. The number of methoxy groups -OCH3 is 2. The Morgan fingerprint density at radius 2 is 1.89 bits per heavy atom. The van der Waals surface area contributed by atoms with E-state index in [2.05, 4.69) is 11.4 Å². The van der Waals surface area contributed by atoms with E-state index in [9.17, 15) is 14.4 Å². The number of nitrogens with one attached hydrogen (secondary N) is 1. The number of amides is 2. The Hall–Kier alpha value is -4.44. The standard InChI is InChI=1S/C35H40N4O6/c1-43-24-15-16-26-29(17-24)37-28(22-11-7-6-8-12-22)19-31(26)45-25-18-30-32(40)38-35(34(42)44-2)20-23(35)13-9-4-3-5-10-14-27(36)33(41)39(30)21-25/h6-9,11-13,15-17,19,23,25,27,30H,3-5,10,14,18,20-21,36H2,1-2H3,(H,38,40)/t23-,25-,27+,30+,35-/m1/s1. The third-order valence-corrected chi connectivity index (χ3v) is 9.17. The van der Waals surface area contributed by atoms with Crippen LogP contribution in [0, 0.1) is 5.92 Å². The van der Waals surface area contributed by atoms with Crippen LogP contribution in [-0.2, 0) is 19.1 Å². The summed E-state index contributed by atoms with van der Waals surface area (Å²) in [5, 5.41) is 3.76. The predicted octanol–water partition coefficient (Wildman–Crippen LogP) is 4.15. The van der Waals surface area contributed by atoms with Crippen LogP contribution in [0.1, 0.15) is 44.9 Å². The highest BCUT2D eigenvalue weighted by Gasteiger charge is 2.62. The molecule has 2 aliphatic heterocycles. The van der Waals surface area contributed by atoms with Crippen LogP contribution in [-0.4, -0.2) is 72.2 Å². The zero-order chi connectivity index (χ0) is 31.6. The van der Waals surface area contributed by atoms with Crippen LogP contribution in [0.3, 0.4) is 0 Å². The number of allylic oxidation sites excluding steroid dienone is 1. The maximum atomic E-state index is 13.9. The number of hydrogen-bond acceptors (Lipinski definition) is 8. The van der Waals surface area contributed by atoms with E-state index in [4.69, 9.17) is 24.9 Å². The number of carbonyl (C=O) groups is 3. The quantitative estimate of drug-likeness (QED) is 0.324. The fraction of sp³-hybridized carbons (Fsp3) is 0.429. The van der Waals surface area contributed by atoms with Gasteiger partial charge in [0.2, 0.25) is 11.8 Å². The second kappa shape index (κ2) is 12.9. The van der Waals surface area contributed by atoms with Crippen molar-refractivity contribution in [3.05, 3.63) is 66.7 Å². The van der Waals surface area contributed by atoms with E-state index in [0.29, 0.717) is 29.9 Å². The van der Waals surface area contributed by atoms with E-state index in [1.165, 1.54) is 12.0 Å². The Labute approximate surface area is 262 Å². The molecule has 3 heterocycles. The Balaban J connectivity index is 1.32. The highest BCUT2D eigenvalue weighted by Crippen LogP contribution is 2.46. The van der Waals surface area contributed by atoms with Crippen LogP contribution in [0.4, 0.5) is 0 Å². The first kappa shape index (κ1) is 30.6. The van der Waals surface area contributed by atoms with Crippen LogP contribution < -0.4 is 20.5 Å². The second-order valence-electron chi connectivity index (χ2n) is 12.2. The molecule has 45 heavy (non-hydrogen) atoms. The first-order valence-corrected chi connectivity index (χ1v) is 15.7. The van der Waals surface area contributed by atoms with Gasteiger partial charge in [-0.1, -0.05) is 55.3 Å². The molecule has 0 bridgehead atoms. The number of pyridine rings is 1. The van der Waals surface area contributed by atoms with Crippen LogP contribution in [0.15, 0.2) is 66.7 Å². The molecule has 2 amide bonds. The summed E-state index contributed by atoms with van der Waals surface area (Å²) in [4.78, 5) is 46.9. The van der Waals surface area contributed by atoms with Crippen molar-refractivity contribution < 1.29 is 28.6 Å². The molecular weight excluding hydrogens is 572 g/mol. The van der Waals surface area contributed by atoms with Gasteiger partial charge in [0.15, 0.2) is 0 Å². The molecule has 1 aromatic heterocycles. The van der Waals surface area contributed by atoms with Crippen molar-refractivity contribution >= 4 is 28.7 Å². The number of nitrogens with zero attached hydrogens (tertiary/aromatic N) is 2. The highest BCUT2D eigenvalue weighted by molar-refractivity contribution is 5.96. The smallest absolute Gasteiger partial charge is 0.332 e. The molecule has 0 unspecified atom stereocenters. The third-order valence-electron chi connectivity index (χ3n) is 9.17. The summed E-state index contributed by atoms with van der Waals surface area (Å²) >= 11 is 0. The van der Waals surface area contributed by atoms with Crippen molar-refractivity contribution in [3.63, 3.8) is 0 Å². The molecule has 5 atom stereocenters. The maximum absolute atomic E-state index is 13.9. The Bertz CT molecular complexity index is 1610. The number of rotatable bonds is 5. The van der Waals surface area contributed by atoms with Crippen molar-refractivity contribution in [2.24, 2.45) is 11.7 Å². The first-order chi connectivity index (χ1) is 21.8. The lowest BCUT2D eigenvalue weighted by molar-refractivity contribution is -0.148. The lowest BCUT2D eigenvalue weighted by atomic mass is 10.1. The van der Waals surface area contributed by atoms with Crippen LogP contribution in [0.25, 0.3) is 22.2 Å². The van der Waals surface area contributed by atoms with Gasteiger partial charge in [-0.05, 0) is 37.8 Å². The zero-order valence-corrected chi connectivity index (χ0v) is 25.7. The van der Waals surface area contributed by atoms with Crippen LogP contribution in [0.5, 0.6) is 11.5 Å². The number of hydrogen-bond donors (Lipinski definition) is 2. The molecule has 6 rings (SSSR count). The van der Waals surface area contributed by atoms with Gasteiger partial charge in [0.1, 0.15) is 29.2 Å². The van der Waals surface area contributed by atoms with E-state index in [1.54, 1.807) is 7.11 Å². The molecular formula is C35H40N4O6. The van der Waals surface area contributed by atoms with Crippen molar-refractivity contribution in [2.45, 2.75) is 68.7 Å². The summed E-state index contributed by atoms with van der Waals surface area (Å²) in [6, 6.07) is 15.7. The fourth-order valence-electron chi connectivity index (χ4n) is 6.55. The van der Waals surface area contributed by atoms with Gasteiger partial charge in [-0.3, -0.25) is 9.59 Å². The zero-order valence-electron chi connectivity index (χ0n) is 25.7. The molecule has 2 fully saturated rings. The molecule has 1 saturated heterocycles. The predicted molar refractivity (Wildman–Crippen MR) is 169 cm³/mol. The van der Waals surface area contributed by atoms with Gasteiger partial charge in [-0.15, -0.1) is 0 Å². The minimum Gasteiger partial charge on any atom is -0.497 e. The average Bonchev–Trinajstić information content (AvgIpc) is 3.59. The van der Waals surface area contributed by atoms with Gasteiger partial charge < -0.3 is 30.2 Å². The Kier molecular flexibility index (Phi) is 8.76. The SMILES string of the molecule is COC(=O)[C@@]12C[C@H]1C=CCCCCC[C@H](N)C(=O)N1C[C@H](Oc3cc(-c4ccccc4)nc4cc(OC)ccc34)C[C@H]1C(=O)N2. The molecule has 3 N–H and O–H groups in total. The van der Waals surface area contributed by atoms with Gasteiger partial charge in [0, 0.05) is 35.4 Å². The van der Waals surface area contributed by atoms with Crippen LogP contribution in [0.2, 0.25) is 0 Å². The van der Waals surface area contributed by atoms with Gasteiger partial charge >= 0.3 is 5.97 Å². The van der Waals surface area contributed by atoms with E-state index in [0.717, 1.165) is 42.3 Å². The molecule has 1 aliphatic carbocycles. The molecule has 10 heteroatoms. The van der Waals surface area contributed by atoms with Crippen molar-refractivity contribution in [3.8, 4) is 22.8 Å². The molecule has 0 spiro atoms. The van der Waals surface area contributed by atoms with Gasteiger partial charge in [0.05, 0.1) is 38.0 Å². The highest BCUT2D eigenvalue weighted by atomic mass is 16.5. The fourth-order valence-corrected chi connectivity index (χ4v) is 6.55. The minimum atomic E-state index is -1.14. The molecule has 10 nitrogen and oxygen atoms in total. The summed E-state index contributed by atoms with van der Waals surface area (Å²) in [6.45, 7) is 0.180. The molecule has 3 aromatic rings. The largest absolute Gasteiger partial charge is 0.497 e. The lowest BCUT2D eigenvalue weighted by Gasteiger charge is -2.28. The second-order valence-corrected chi connectivity index (χ2v) is 12.2. The number of carbonyl (C=O) groups excluding carboxylic acids is 3. The third kappa shape index (κ3) is 6.24. The monoisotopic (exact) mass is 612 g/mol. The van der Waals surface area contributed by atoms with E-state index in [1.807, 2.05) is 60.7 Å². The van der Waals surface area contributed by atoms with E-state index >= 15 is 0 Å². The number of aromatic nitrogens is 1. The van der Waals surface area contributed by atoms with Crippen molar-refractivity contribution in [2.75, 3.05) is 20.8 Å².